The van der Waals surface area contributed by atoms with Crippen molar-refractivity contribution in [1.82, 2.24) is 19.9 Å². The maximum absolute atomic E-state index is 5.04. The van der Waals surface area contributed by atoms with E-state index in [-0.39, 0.29) is 0 Å². The monoisotopic (exact) mass is 410 g/mol. The summed E-state index contributed by atoms with van der Waals surface area (Å²) >= 11 is 0. The summed E-state index contributed by atoms with van der Waals surface area (Å²) in [5.41, 5.74) is 7.91. The number of H-pyrrole nitrogens is 2. The summed E-state index contributed by atoms with van der Waals surface area (Å²) in [7, 11) is 0. The maximum atomic E-state index is 5.04. The van der Waals surface area contributed by atoms with Crippen molar-refractivity contribution in [3.63, 3.8) is 0 Å². The summed E-state index contributed by atoms with van der Waals surface area (Å²) in [6, 6.07) is 33.5. The number of hydrogen-bond acceptors (Lipinski definition) is 2. The van der Waals surface area contributed by atoms with E-state index in [1.807, 2.05) is 12.1 Å². The van der Waals surface area contributed by atoms with E-state index in [4.69, 9.17) is 9.97 Å². The molecule has 7 aromatic rings. The minimum atomic E-state index is 0.914. The van der Waals surface area contributed by atoms with E-state index < -0.39 is 0 Å². The molecule has 4 heterocycles. The number of nitrogens with one attached hydrogen (secondary N) is 2. The van der Waals surface area contributed by atoms with Gasteiger partial charge in [-0.3, -0.25) is 0 Å². The Bertz CT molecular complexity index is 1590. The summed E-state index contributed by atoms with van der Waals surface area (Å²) in [5, 5.41) is 4.53. The van der Waals surface area contributed by atoms with E-state index in [9.17, 15) is 0 Å². The Hall–Kier alpha value is -4.44. The van der Waals surface area contributed by atoms with Crippen molar-refractivity contribution in [1.29, 1.82) is 0 Å². The fourth-order valence-electron chi connectivity index (χ4n) is 4.49. The minimum Gasteiger partial charge on any atom is -0.353 e. The molecule has 0 fully saturated rings. The smallest absolute Gasteiger partial charge is 0.0973 e. The van der Waals surface area contributed by atoms with Crippen LogP contribution in [0.5, 0.6) is 0 Å². The van der Waals surface area contributed by atoms with Crippen LogP contribution in [0.15, 0.2) is 97.1 Å². The number of pyridine rings is 2. The van der Waals surface area contributed by atoms with E-state index in [0.717, 1.165) is 55.6 Å². The van der Waals surface area contributed by atoms with Crippen LogP contribution in [-0.2, 0) is 0 Å². The van der Waals surface area contributed by atoms with E-state index in [1.165, 1.54) is 10.8 Å². The molecular formula is C28H18N4. The Balaban J connectivity index is 1.43. The first-order valence-electron chi connectivity index (χ1n) is 10.7. The molecule has 4 heteroatoms. The van der Waals surface area contributed by atoms with Crippen molar-refractivity contribution in [3.8, 4) is 22.8 Å². The molecule has 0 spiro atoms. The van der Waals surface area contributed by atoms with Gasteiger partial charge in [-0.25, -0.2) is 9.97 Å². The minimum absolute atomic E-state index is 0.914. The summed E-state index contributed by atoms with van der Waals surface area (Å²) in [6.45, 7) is 0. The molecule has 0 aliphatic heterocycles. The van der Waals surface area contributed by atoms with Gasteiger partial charge < -0.3 is 9.97 Å². The quantitative estimate of drug-likeness (QED) is 0.299. The van der Waals surface area contributed by atoms with Gasteiger partial charge in [0.2, 0.25) is 0 Å². The second-order valence-electron chi connectivity index (χ2n) is 8.14. The molecule has 0 aliphatic rings. The molecule has 3 aromatic carbocycles. The van der Waals surface area contributed by atoms with Gasteiger partial charge in [0.25, 0.3) is 0 Å². The lowest BCUT2D eigenvalue weighted by atomic mass is 10.1. The van der Waals surface area contributed by atoms with E-state index in [1.54, 1.807) is 0 Å². The second kappa shape index (κ2) is 6.53. The number of hydrogen-bond donors (Lipinski definition) is 2. The molecule has 2 N–H and O–H groups in total. The fraction of sp³-hybridized carbons (Fsp3) is 0. The molecule has 4 nitrogen and oxygen atoms in total. The highest BCUT2D eigenvalue weighted by molar-refractivity contribution is 6.04. The van der Waals surface area contributed by atoms with Crippen molar-refractivity contribution in [3.05, 3.63) is 97.1 Å². The Labute approximate surface area is 183 Å². The van der Waals surface area contributed by atoms with Gasteiger partial charge in [0, 0.05) is 32.6 Å². The Morgan fingerprint density at radius 2 is 0.875 bits per heavy atom. The number of rotatable bonds is 2. The van der Waals surface area contributed by atoms with Crippen LogP contribution < -0.4 is 0 Å². The molecule has 32 heavy (non-hydrogen) atoms. The van der Waals surface area contributed by atoms with Crippen LogP contribution in [0.25, 0.3) is 66.4 Å². The van der Waals surface area contributed by atoms with Crippen LogP contribution in [0, 0.1) is 0 Å². The summed E-state index contributed by atoms with van der Waals surface area (Å²) in [6.07, 6.45) is 0. The average Bonchev–Trinajstić information content (AvgIpc) is 3.48. The van der Waals surface area contributed by atoms with Crippen molar-refractivity contribution in [2.45, 2.75) is 0 Å². The third-order valence-electron chi connectivity index (χ3n) is 6.13. The topological polar surface area (TPSA) is 57.4 Å². The van der Waals surface area contributed by atoms with Crippen LogP contribution in [-0.4, -0.2) is 19.9 Å². The number of nitrogens with zero attached hydrogens (tertiary/aromatic N) is 2. The number of aromatic amines is 2. The van der Waals surface area contributed by atoms with Crippen LogP contribution >= 0.6 is 0 Å². The number of para-hydroxylation sites is 2. The Morgan fingerprint density at radius 3 is 1.34 bits per heavy atom. The van der Waals surface area contributed by atoms with Crippen LogP contribution in [0.3, 0.4) is 0 Å². The number of aromatic nitrogens is 4. The third kappa shape index (κ3) is 2.63. The second-order valence-corrected chi connectivity index (χ2v) is 8.14. The summed E-state index contributed by atoms with van der Waals surface area (Å²) in [5.74, 6) is 0. The molecule has 0 bridgehead atoms. The lowest BCUT2D eigenvalue weighted by molar-refractivity contribution is 1.32. The standard InChI is InChI=1S/C28H18N4/c1-3-7-21-19(5-1)15-25(29-21)23-13-11-17-9-10-18-12-14-24(32-28(18)27(17)31-23)26-16-20-6-2-4-8-22(20)30-26/h1-16,29-30H. The first-order valence-corrected chi connectivity index (χ1v) is 10.7. The van der Waals surface area contributed by atoms with Crippen molar-refractivity contribution < 1.29 is 0 Å². The van der Waals surface area contributed by atoms with Crippen molar-refractivity contribution in [2.24, 2.45) is 0 Å². The number of benzene rings is 3. The Kier molecular flexibility index (Phi) is 3.52. The van der Waals surface area contributed by atoms with Gasteiger partial charge in [-0.1, -0.05) is 60.7 Å². The van der Waals surface area contributed by atoms with Gasteiger partial charge in [-0.2, -0.15) is 0 Å². The Morgan fingerprint density at radius 1 is 0.438 bits per heavy atom. The fourth-order valence-corrected chi connectivity index (χ4v) is 4.49. The van der Waals surface area contributed by atoms with E-state index >= 15 is 0 Å². The lowest BCUT2D eigenvalue weighted by Gasteiger charge is -2.07. The maximum Gasteiger partial charge on any atom is 0.0973 e. The molecule has 0 saturated heterocycles. The molecule has 7 rings (SSSR count). The zero-order valence-electron chi connectivity index (χ0n) is 17.1. The van der Waals surface area contributed by atoms with Gasteiger partial charge in [-0.05, 0) is 36.4 Å². The first kappa shape index (κ1) is 17.3. The molecule has 0 unspecified atom stereocenters. The van der Waals surface area contributed by atoms with E-state index in [0.29, 0.717) is 0 Å². The lowest BCUT2D eigenvalue weighted by Crippen LogP contribution is -1.91. The molecule has 4 aromatic heterocycles. The molecule has 0 saturated carbocycles. The molecule has 0 atom stereocenters. The SMILES string of the molecule is c1ccc2[nH]c(-c3ccc4ccc5ccc(-c6cc7ccccc7[nH]6)nc5c4n3)cc2c1. The average molecular weight is 410 g/mol. The summed E-state index contributed by atoms with van der Waals surface area (Å²) in [4.78, 5) is 17.1. The summed E-state index contributed by atoms with van der Waals surface area (Å²) < 4.78 is 0. The van der Waals surface area contributed by atoms with Crippen LogP contribution in [0.1, 0.15) is 0 Å². The zero-order valence-corrected chi connectivity index (χ0v) is 17.1. The third-order valence-corrected chi connectivity index (χ3v) is 6.13. The normalized spacial score (nSPS) is 11.8. The molecular weight excluding hydrogens is 392 g/mol. The van der Waals surface area contributed by atoms with Crippen LogP contribution in [0.2, 0.25) is 0 Å². The molecule has 150 valence electrons. The zero-order chi connectivity index (χ0) is 21.1. The van der Waals surface area contributed by atoms with Gasteiger partial charge in [0.15, 0.2) is 0 Å². The van der Waals surface area contributed by atoms with Gasteiger partial charge in [-0.15, -0.1) is 0 Å². The van der Waals surface area contributed by atoms with Gasteiger partial charge in [0.1, 0.15) is 0 Å². The predicted molar refractivity (Wildman–Crippen MR) is 132 cm³/mol. The highest BCUT2D eigenvalue weighted by Gasteiger charge is 2.11. The van der Waals surface area contributed by atoms with E-state index in [2.05, 4.69) is 94.9 Å². The van der Waals surface area contributed by atoms with Crippen molar-refractivity contribution >= 4 is 43.6 Å². The van der Waals surface area contributed by atoms with Gasteiger partial charge >= 0.3 is 0 Å². The van der Waals surface area contributed by atoms with Gasteiger partial charge in [0.05, 0.1) is 33.8 Å². The largest absolute Gasteiger partial charge is 0.353 e. The highest BCUT2D eigenvalue weighted by Crippen LogP contribution is 2.30. The molecule has 0 aliphatic carbocycles. The highest BCUT2D eigenvalue weighted by atomic mass is 14.8. The number of fused-ring (bicyclic) bond motifs is 5. The van der Waals surface area contributed by atoms with Crippen LogP contribution in [0.4, 0.5) is 0 Å². The van der Waals surface area contributed by atoms with Crippen molar-refractivity contribution in [2.75, 3.05) is 0 Å². The predicted octanol–water partition coefficient (Wildman–Crippen LogP) is 7.08. The molecule has 0 amide bonds. The first-order chi connectivity index (χ1) is 15.8. The molecule has 0 radical (unpaired) electrons.